The van der Waals surface area contributed by atoms with Crippen molar-refractivity contribution in [2.45, 2.75) is 44.2 Å². The van der Waals surface area contributed by atoms with Crippen molar-refractivity contribution < 1.29 is 8.95 Å². The molecule has 2 saturated heterocycles. The van der Waals surface area contributed by atoms with Crippen LogP contribution in [-0.2, 0) is 19.9 Å². The maximum Gasteiger partial charge on any atom is 0.230 e. The molecule has 3 aliphatic rings. The summed E-state index contributed by atoms with van der Waals surface area (Å²) in [7, 11) is -0.207. The molecule has 0 aliphatic carbocycles. The molecule has 0 unspecified atom stereocenters. The van der Waals surface area contributed by atoms with Gasteiger partial charge in [0.05, 0.1) is 30.1 Å². The fourth-order valence-electron chi connectivity index (χ4n) is 5.91. The molecule has 0 bridgehead atoms. The Morgan fingerprint density at radius 1 is 1.02 bits per heavy atom. The van der Waals surface area contributed by atoms with Gasteiger partial charge in [0.15, 0.2) is 5.82 Å². The van der Waals surface area contributed by atoms with E-state index in [1.54, 1.807) is 18.6 Å². The van der Waals surface area contributed by atoms with E-state index < -0.39 is 9.73 Å². The van der Waals surface area contributed by atoms with E-state index in [1.807, 2.05) is 30.6 Å². The lowest BCUT2D eigenvalue weighted by molar-refractivity contribution is -0.0893. The fourth-order valence-corrected chi connectivity index (χ4v) is 6.46. The van der Waals surface area contributed by atoms with Crippen LogP contribution in [0.1, 0.15) is 32.8 Å². The Morgan fingerprint density at radius 3 is 2.51 bits per heavy atom. The number of hydrogen-bond donors (Lipinski definition) is 1. The van der Waals surface area contributed by atoms with E-state index in [4.69, 9.17) is 19.7 Å². The van der Waals surface area contributed by atoms with Gasteiger partial charge in [-0.2, -0.15) is 9.35 Å². The fraction of sp³-hybridized carbons (Fsp3) is 0.517. The number of anilines is 5. The SMILES string of the molecule is CN1CCN(c2ccc(Nc3ncc4c(n3)N(c3cccc(N=S(C)(C)=O)n3)[C@@H]3CC(C)(C)OC[C@]43C)nc2)CC1. The minimum Gasteiger partial charge on any atom is -0.374 e. The van der Waals surface area contributed by atoms with Crippen molar-refractivity contribution in [1.82, 2.24) is 24.8 Å². The number of aromatic nitrogens is 4. The van der Waals surface area contributed by atoms with Gasteiger partial charge in [-0.15, -0.1) is 0 Å². The molecular weight excluding hydrogens is 538 g/mol. The van der Waals surface area contributed by atoms with Crippen LogP contribution in [0, 0.1) is 0 Å². The Bertz CT molecular complexity index is 1550. The molecule has 3 aliphatic heterocycles. The summed E-state index contributed by atoms with van der Waals surface area (Å²) in [5.74, 6) is 3.07. The van der Waals surface area contributed by atoms with Crippen LogP contribution in [0.3, 0.4) is 0 Å². The molecule has 41 heavy (non-hydrogen) atoms. The van der Waals surface area contributed by atoms with Crippen LogP contribution >= 0.6 is 0 Å². The lowest BCUT2D eigenvalue weighted by atomic mass is 9.73. The molecule has 0 radical (unpaired) electrons. The second kappa shape index (κ2) is 10.2. The van der Waals surface area contributed by atoms with Gasteiger partial charge in [0.1, 0.15) is 17.5 Å². The van der Waals surface area contributed by atoms with Crippen molar-refractivity contribution in [3.05, 3.63) is 48.3 Å². The van der Waals surface area contributed by atoms with Gasteiger partial charge in [-0.25, -0.2) is 19.2 Å². The van der Waals surface area contributed by atoms with E-state index in [1.165, 1.54) is 0 Å². The summed E-state index contributed by atoms with van der Waals surface area (Å²) in [4.78, 5) is 26.1. The van der Waals surface area contributed by atoms with Gasteiger partial charge in [0, 0.05) is 65.6 Å². The quantitative estimate of drug-likeness (QED) is 0.476. The lowest BCUT2D eigenvalue weighted by Gasteiger charge is -2.46. The van der Waals surface area contributed by atoms with Crippen LogP contribution < -0.4 is 15.1 Å². The van der Waals surface area contributed by atoms with Crippen LogP contribution in [-0.4, -0.2) is 93.0 Å². The second-order valence-corrected chi connectivity index (χ2v) is 15.0. The van der Waals surface area contributed by atoms with E-state index in [0.717, 1.165) is 49.7 Å². The molecular formula is C29H39N9O2S. The number of hydrogen-bond acceptors (Lipinski definition) is 11. The van der Waals surface area contributed by atoms with Gasteiger partial charge in [0.2, 0.25) is 5.95 Å². The van der Waals surface area contributed by atoms with Crippen LogP contribution in [0.5, 0.6) is 0 Å². The Balaban J connectivity index is 1.34. The molecule has 1 N–H and O–H groups in total. The highest BCUT2D eigenvalue weighted by Crippen LogP contribution is 2.53. The lowest BCUT2D eigenvalue weighted by Crippen LogP contribution is -2.54. The number of rotatable bonds is 5. The highest BCUT2D eigenvalue weighted by atomic mass is 32.2. The van der Waals surface area contributed by atoms with Crippen LogP contribution in [0.25, 0.3) is 0 Å². The van der Waals surface area contributed by atoms with Gasteiger partial charge in [-0.1, -0.05) is 13.0 Å². The van der Waals surface area contributed by atoms with Gasteiger partial charge in [-0.3, -0.25) is 0 Å². The van der Waals surface area contributed by atoms with Crippen molar-refractivity contribution in [3.63, 3.8) is 0 Å². The Labute approximate surface area is 242 Å². The molecule has 218 valence electrons. The predicted octanol–water partition coefficient (Wildman–Crippen LogP) is 4.10. The smallest absolute Gasteiger partial charge is 0.230 e. The number of pyridine rings is 2. The summed E-state index contributed by atoms with van der Waals surface area (Å²) in [5, 5.41) is 3.30. The Morgan fingerprint density at radius 2 is 1.80 bits per heavy atom. The number of nitrogens with one attached hydrogen (secondary N) is 1. The average Bonchev–Trinajstić information content (AvgIpc) is 3.15. The molecule has 3 aromatic rings. The minimum absolute atomic E-state index is 0.0437. The first-order valence-electron chi connectivity index (χ1n) is 14.0. The number of piperazine rings is 1. The molecule has 0 amide bonds. The number of ether oxygens (including phenoxy) is 1. The zero-order chi connectivity index (χ0) is 29.0. The number of likely N-dealkylation sites (N-methyl/N-ethyl adjacent to an activating group) is 1. The normalized spacial score (nSPS) is 24.1. The van der Waals surface area contributed by atoms with Crippen molar-refractivity contribution in [2.24, 2.45) is 4.36 Å². The predicted molar refractivity (Wildman–Crippen MR) is 164 cm³/mol. The van der Waals surface area contributed by atoms with Gasteiger partial charge in [-0.05, 0) is 51.6 Å². The van der Waals surface area contributed by atoms with Crippen LogP contribution in [0.15, 0.2) is 47.1 Å². The molecule has 11 nitrogen and oxygen atoms in total. The zero-order valence-corrected chi connectivity index (χ0v) is 25.5. The van der Waals surface area contributed by atoms with Crippen LogP contribution in [0.2, 0.25) is 0 Å². The van der Waals surface area contributed by atoms with E-state index in [9.17, 15) is 4.21 Å². The average molecular weight is 578 g/mol. The topological polar surface area (TPSA) is 112 Å². The third-order valence-electron chi connectivity index (χ3n) is 8.24. The molecule has 0 aromatic carbocycles. The summed E-state index contributed by atoms with van der Waals surface area (Å²) in [6.07, 6.45) is 7.81. The third kappa shape index (κ3) is 5.60. The molecule has 0 saturated carbocycles. The first kappa shape index (κ1) is 27.8. The summed E-state index contributed by atoms with van der Waals surface area (Å²) in [6.45, 7) is 11.1. The Hall–Kier alpha value is -3.35. The van der Waals surface area contributed by atoms with Gasteiger partial charge < -0.3 is 24.8 Å². The maximum absolute atomic E-state index is 12.4. The van der Waals surface area contributed by atoms with E-state index in [2.05, 4.69) is 63.2 Å². The summed E-state index contributed by atoms with van der Waals surface area (Å²) in [6, 6.07) is 9.75. The van der Waals surface area contributed by atoms with E-state index >= 15 is 0 Å². The summed E-state index contributed by atoms with van der Waals surface area (Å²) >= 11 is 0. The molecule has 12 heteroatoms. The van der Waals surface area contributed by atoms with E-state index in [0.29, 0.717) is 30.0 Å². The van der Waals surface area contributed by atoms with Crippen LogP contribution in [0.4, 0.5) is 34.9 Å². The second-order valence-electron chi connectivity index (χ2n) is 12.4. The molecule has 2 fully saturated rings. The minimum atomic E-state index is -2.36. The monoisotopic (exact) mass is 577 g/mol. The molecule has 0 spiro atoms. The Kier molecular flexibility index (Phi) is 6.90. The van der Waals surface area contributed by atoms with Crippen molar-refractivity contribution in [2.75, 3.05) is 67.5 Å². The first-order chi connectivity index (χ1) is 19.4. The maximum atomic E-state index is 12.4. The largest absolute Gasteiger partial charge is 0.374 e. The summed E-state index contributed by atoms with van der Waals surface area (Å²) in [5.41, 5.74) is 1.49. The van der Waals surface area contributed by atoms with Gasteiger partial charge >= 0.3 is 0 Å². The van der Waals surface area contributed by atoms with Gasteiger partial charge in [0.25, 0.3) is 0 Å². The molecule has 2 atom stereocenters. The van der Waals surface area contributed by atoms with Crippen molar-refractivity contribution in [1.29, 1.82) is 0 Å². The highest BCUT2D eigenvalue weighted by Gasteiger charge is 2.55. The van der Waals surface area contributed by atoms with Crippen molar-refractivity contribution >= 4 is 44.6 Å². The molecule has 3 aromatic heterocycles. The number of fused-ring (bicyclic) bond motifs is 3. The highest BCUT2D eigenvalue weighted by molar-refractivity contribution is 7.92. The third-order valence-corrected chi connectivity index (χ3v) is 8.87. The van der Waals surface area contributed by atoms with Crippen molar-refractivity contribution in [3.8, 4) is 0 Å². The first-order valence-corrected chi connectivity index (χ1v) is 16.3. The molecule has 6 heterocycles. The zero-order valence-electron chi connectivity index (χ0n) is 24.7. The number of nitrogens with zero attached hydrogens (tertiary/aromatic N) is 8. The summed E-state index contributed by atoms with van der Waals surface area (Å²) < 4.78 is 23.1. The standard InChI is InChI=1S/C29H39N9O2S/c1-28(2)16-22-29(3,19-40-28)21-18-31-27(33-23-11-10-20(17-30-23)37-14-12-36(4)13-15-37)34-26(21)38(22)25-9-7-8-24(32-25)35-41(5,6)39/h7-11,17-18,22H,12-16,19H2,1-6H3,(H,30,31,33,34)/t22-,29-/m1/s1. The molecule has 6 rings (SSSR count). The van der Waals surface area contributed by atoms with E-state index in [-0.39, 0.29) is 17.1 Å².